The summed E-state index contributed by atoms with van der Waals surface area (Å²) >= 11 is 0. The summed E-state index contributed by atoms with van der Waals surface area (Å²) in [5, 5.41) is 0. The SMILES string of the molecule is CCN(CC)C(=O)[C@H]1CCC[NH+](Cc2cc(F)ccc2F)C1. The molecule has 1 aliphatic heterocycles. The van der Waals surface area contributed by atoms with E-state index in [0.29, 0.717) is 18.7 Å². The van der Waals surface area contributed by atoms with Crippen molar-refractivity contribution in [2.45, 2.75) is 33.2 Å². The molecule has 0 radical (unpaired) electrons. The zero-order valence-electron chi connectivity index (χ0n) is 13.4. The van der Waals surface area contributed by atoms with Crippen LogP contribution in [0.2, 0.25) is 0 Å². The van der Waals surface area contributed by atoms with E-state index < -0.39 is 5.82 Å². The molecular weight excluding hydrogens is 286 g/mol. The second kappa shape index (κ2) is 7.68. The predicted octanol–water partition coefficient (Wildman–Crippen LogP) is 1.63. The minimum absolute atomic E-state index is 0.000250. The summed E-state index contributed by atoms with van der Waals surface area (Å²) in [6.07, 6.45) is 1.84. The zero-order valence-corrected chi connectivity index (χ0v) is 13.4. The molecule has 0 aliphatic carbocycles. The highest BCUT2D eigenvalue weighted by Gasteiger charge is 2.31. The number of hydrogen-bond donors (Lipinski definition) is 1. The fourth-order valence-corrected chi connectivity index (χ4v) is 3.26. The van der Waals surface area contributed by atoms with Gasteiger partial charge in [-0.15, -0.1) is 0 Å². The lowest BCUT2D eigenvalue weighted by Crippen LogP contribution is -3.12. The van der Waals surface area contributed by atoms with Crippen LogP contribution in [0.1, 0.15) is 32.3 Å². The molecule has 5 heteroatoms. The Hall–Kier alpha value is -1.49. The number of likely N-dealkylation sites (tertiary alicyclic amines) is 1. The predicted molar refractivity (Wildman–Crippen MR) is 81.4 cm³/mol. The molecule has 1 heterocycles. The Balaban J connectivity index is 2.01. The van der Waals surface area contributed by atoms with Crippen LogP contribution in [-0.4, -0.2) is 37.0 Å². The van der Waals surface area contributed by atoms with E-state index >= 15 is 0 Å². The molecule has 1 amide bonds. The summed E-state index contributed by atoms with van der Waals surface area (Å²) in [4.78, 5) is 15.5. The maximum Gasteiger partial charge on any atom is 0.231 e. The van der Waals surface area contributed by atoms with Crippen LogP contribution in [0.4, 0.5) is 8.78 Å². The molecule has 22 heavy (non-hydrogen) atoms. The highest BCUT2D eigenvalue weighted by molar-refractivity contribution is 5.78. The standard InChI is InChI=1S/C17H24F2N2O/c1-3-21(4-2)17(22)13-6-5-9-20(11-13)12-14-10-15(18)7-8-16(14)19/h7-8,10,13H,3-6,9,11-12H2,1-2H3/p+1/t13-/m0/s1. The molecular formula is C17H25F2N2O+. The van der Waals surface area contributed by atoms with Gasteiger partial charge in [-0.3, -0.25) is 4.79 Å². The van der Waals surface area contributed by atoms with E-state index in [4.69, 9.17) is 0 Å². The third-order valence-corrected chi connectivity index (χ3v) is 4.49. The van der Waals surface area contributed by atoms with E-state index in [0.717, 1.165) is 43.4 Å². The molecule has 0 spiro atoms. The number of hydrogen-bond acceptors (Lipinski definition) is 1. The minimum Gasteiger partial charge on any atom is -0.343 e. The molecule has 122 valence electrons. The van der Waals surface area contributed by atoms with Gasteiger partial charge in [0.05, 0.1) is 19.0 Å². The van der Waals surface area contributed by atoms with Crippen LogP contribution >= 0.6 is 0 Å². The van der Waals surface area contributed by atoms with Gasteiger partial charge >= 0.3 is 0 Å². The first-order valence-electron chi connectivity index (χ1n) is 8.11. The normalized spacial score (nSPS) is 21.6. The lowest BCUT2D eigenvalue weighted by molar-refractivity contribution is -0.921. The van der Waals surface area contributed by atoms with E-state index in [9.17, 15) is 13.6 Å². The summed E-state index contributed by atoms with van der Waals surface area (Å²) in [5.41, 5.74) is 0.394. The smallest absolute Gasteiger partial charge is 0.231 e. The average molecular weight is 311 g/mol. The number of carbonyl (C=O) groups excluding carboxylic acids is 1. The van der Waals surface area contributed by atoms with Crippen LogP contribution in [0.25, 0.3) is 0 Å². The maximum atomic E-state index is 13.8. The Bertz CT molecular complexity index is 517. The van der Waals surface area contributed by atoms with Gasteiger partial charge < -0.3 is 9.80 Å². The zero-order chi connectivity index (χ0) is 16.1. The number of halogens is 2. The van der Waals surface area contributed by atoms with Gasteiger partial charge in [-0.05, 0) is 44.9 Å². The van der Waals surface area contributed by atoms with Gasteiger partial charge in [0.2, 0.25) is 5.91 Å². The molecule has 1 unspecified atom stereocenters. The monoisotopic (exact) mass is 311 g/mol. The second-order valence-corrected chi connectivity index (χ2v) is 5.97. The van der Waals surface area contributed by atoms with Gasteiger partial charge in [0.25, 0.3) is 0 Å². The van der Waals surface area contributed by atoms with Crippen LogP contribution in [-0.2, 0) is 11.3 Å². The molecule has 1 N–H and O–H groups in total. The number of carbonyl (C=O) groups is 1. The van der Waals surface area contributed by atoms with Crippen molar-refractivity contribution in [2.24, 2.45) is 5.92 Å². The summed E-state index contributed by atoms with van der Waals surface area (Å²) in [6, 6.07) is 3.57. The summed E-state index contributed by atoms with van der Waals surface area (Å²) < 4.78 is 27.0. The highest BCUT2D eigenvalue weighted by atomic mass is 19.1. The summed E-state index contributed by atoms with van der Waals surface area (Å²) in [5.74, 6) is -0.586. The van der Waals surface area contributed by atoms with E-state index in [1.807, 2.05) is 18.7 Å². The van der Waals surface area contributed by atoms with Crippen molar-refractivity contribution in [1.29, 1.82) is 0 Å². The fraction of sp³-hybridized carbons (Fsp3) is 0.588. The van der Waals surface area contributed by atoms with Crippen LogP contribution in [0, 0.1) is 17.6 Å². The number of benzene rings is 1. The Morgan fingerprint density at radius 1 is 1.32 bits per heavy atom. The Kier molecular flexibility index (Phi) is 5.89. The molecule has 0 aromatic heterocycles. The summed E-state index contributed by atoms with van der Waals surface area (Å²) in [6.45, 7) is 7.45. The second-order valence-electron chi connectivity index (χ2n) is 5.97. The molecule has 1 fully saturated rings. The minimum atomic E-state index is -0.413. The molecule has 2 rings (SSSR count). The van der Waals surface area contributed by atoms with Crippen LogP contribution in [0.5, 0.6) is 0 Å². The van der Waals surface area contributed by atoms with Gasteiger partial charge in [0, 0.05) is 18.7 Å². The van der Waals surface area contributed by atoms with Crippen molar-refractivity contribution < 1.29 is 18.5 Å². The van der Waals surface area contributed by atoms with Crippen molar-refractivity contribution in [3.63, 3.8) is 0 Å². The molecule has 3 nitrogen and oxygen atoms in total. The van der Waals surface area contributed by atoms with Gasteiger partial charge in [-0.2, -0.15) is 0 Å². The first kappa shape index (κ1) is 16.9. The first-order valence-corrected chi connectivity index (χ1v) is 8.11. The van der Waals surface area contributed by atoms with E-state index in [1.54, 1.807) is 0 Å². The van der Waals surface area contributed by atoms with Gasteiger partial charge in [-0.1, -0.05) is 0 Å². The molecule has 0 saturated carbocycles. The highest BCUT2D eigenvalue weighted by Crippen LogP contribution is 2.13. The number of amides is 1. The number of quaternary nitrogens is 1. The van der Waals surface area contributed by atoms with Crippen molar-refractivity contribution >= 4 is 5.91 Å². The fourth-order valence-electron chi connectivity index (χ4n) is 3.26. The first-order chi connectivity index (χ1) is 10.5. The van der Waals surface area contributed by atoms with E-state index in [-0.39, 0.29) is 17.6 Å². The van der Waals surface area contributed by atoms with Crippen LogP contribution in [0.3, 0.4) is 0 Å². The molecule has 1 aliphatic rings. The number of nitrogens with zero attached hydrogens (tertiary/aromatic N) is 1. The van der Waals surface area contributed by atoms with Crippen molar-refractivity contribution in [2.75, 3.05) is 26.2 Å². The van der Waals surface area contributed by atoms with Gasteiger partial charge in [-0.25, -0.2) is 8.78 Å². The average Bonchev–Trinajstić information content (AvgIpc) is 2.52. The lowest BCUT2D eigenvalue weighted by Gasteiger charge is -2.32. The maximum absolute atomic E-state index is 13.8. The number of rotatable bonds is 5. The van der Waals surface area contributed by atoms with Gasteiger partial charge in [0.1, 0.15) is 18.2 Å². The van der Waals surface area contributed by atoms with Crippen molar-refractivity contribution in [3.05, 3.63) is 35.4 Å². The Morgan fingerprint density at radius 2 is 2.05 bits per heavy atom. The molecule has 1 aromatic carbocycles. The number of nitrogens with one attached hydrogen (secondary N) is 1. The Labute approximate surface area is 130 Å². The third-order valence-electron chi connectivity index (χ3n) is 4.49. The largest absolute Gasteiger partial charge is 0.343 e. The van der Waals surface area contributed by atoms with Crippen molar-refractivity contribution in [3.8, 4) is 0 Å². The topological polar surface area (TPSA) is 24.8 Å². The van der Waals surface area contributed by atoms with Gasteiger partial charge in [0.15, 0.2) is 0 Å². The molecule has 2 atom stereocenters. The molecule has 1 aromatic rings. The molecule has 0 bridgehead atoms. The quantitative estimate of drug-likeness (QED) is 0.878. The van der Waals surface area contributed by atoms with E-state index in [1.165, 1.54) is 12.1 Å². The lowest BCUT2D eigenvalue weighted by atomic mass is 9.96. The third kappa shape index (κ3) is 4.03. The number of piperidine rings is 1. The summed E-state index contributed by atoms with van der Waals surface area (Å²) in [7, 11) is 0. The van der Waals surface area contributed by atoms with Crippen molar-refractivity contribution in [1.82, 2.24) is 4.90 Å². The van der Waals surface area contributed by atoms with Crippen LogP contribution in [0.15, 0.2) is 18.2 Å². The van der Waals surface area contributed by atoms with E-state index in [2.05, 4.69) is 0 Å². The Morgan fingerprint density at radius 3 is 2.73 bits per heavy atom. The molecule has 1 saturated heterocycles. The van der Waals surface area contributed by atoms with Crippen LogP contribution < -0.4 is 4.90 Å².